The first-order valence-electron chi connectivity index (χ1n) is 4.40. The fourth-order valence-electron chi connectivity index (χ4n) is 1.85. The SMILES string of the molecule is C1=CC=CC2=C(C=1)c1ccccc12. The van der Waals surface area contributed by atoms with Gasteiger partial charge in [-0.15, -0.1) is 5.73 Å². The molecule has 1 aromatic rings. The van der Waals surface area contributed by atoms with Crippen LogP contribution in [0.3, 0.4) is 0 Å². The van der Waals surface area contributed by atoms with Crippen molar-refractivity contribution in [3.05, 3.63) is 65.4 Å². The van der Waals surface area contributed by atoms with Crippen molar-refractivity contribution in [3.63, 3.8) is 0 Å². The maximum absolute atomic E-state index is 3.12. The lowest BCUT2D eigenvalue weighted by Crippen LogP contribution is -2.02. The average Bonchev–Trinajstić information content (AvgIpc) is 2.37. The molecule has 0 N–H and O–H groups in total. The van der Waals surface area contributed by atoms with E-state index in [2.05, 4.69) is 42.1 Å². The van der Waals surface area contributed by atoms with Gasteiger partial charge >= 0.3 is 0 Å². The summed E-state index contributed by atoms with van der Waals surface area (Å²) in [6, 6.07) is 8.48. The molecule has 2 aliphatic carbocycles. The topological polar surface area (TPSA) is 0 Å². The van der Waals surface area contributed by atoms with E-state index in [0.717, 1.165) is 0 Å². The Labute approximate surface area is 77.2 Å². The van der Waals surface area contributed by atoms with Crippen LogP contribution in [-0.2, 0) is 0 Å². The van der Waals surface area contributed by atoms with Gasteiger partial charge in [0.2, 0.25) is 0 Å². The highest BCUT2D eigenvalue weighted by Crippen LogP contribution is 2.42. The van der Waals surface area contributed by atoms with Gasteiger partial charge in [-0.25, -0.2) is 0 Å². The minimum atomic E-state index is 1.32. The van der Waals surface area contributed by atoms with Gasteiger partial charge in [0.15, 0.2) is 0 Å². The molecule has 3 rings (SSSR count). The largest absolute Gasteiger partial charge is 0.120 e. The summed E-state index contributed by atoms with van der Waals surface area (Å²) in [4.78, 5) is 0. The van der Waals surface area contributed by atoms with E-state index in [1.807, 2.05) is 12.2 Å². The maximum Gasteiger partial charge on any atom is -0.00217 e. The molecule has 0 aromatic heterocycles. The van der Waals surface area contributed by atoms with Crippen molar-refractivity contribution in [2.24, 2.45) is 0 Å². The van der Waals surface area contributed by atoms with Gasteiger partial charge in [-0.05, 0) is 34.4 Å². The second-order valence-electron chi connectivity index (χ2n) is 3.21. The molecule has 0 spiro atoms. The van der Waals surface area contributed by atoms with Gasteiger partial charge in [0, 0.05) is 0 Å². The first kappa shape index (κ1) is 6.71. The quantitative estimate of drug-likeness (QED) is 0.516. The smallest absolute Gasteiger partial charge is 0.00217 e. The number of hydrogen-bond acceptors (Lipinski definition) is 0. The van der Waals surface area contributed by atoms with Crippen molar-refractivity contribution in [1.29, 1.82) is 0 Å². The third-order valence-electron chi connectivity index (χ3n) is 2.48. The van der Waals surface area contributed by atoms with Crippen LogP contribution in [0.4, 0.5) is 0 Å². The van der Waals surface area contributed by atoms with Crippen LogP contribution in [0.2, 0.25) is 0 Å². The van der Waals surface area contributed by atoms with Crippen molar-refractivity contribution < 1.29 is 0 Å². The molecule has 0 amide bonds. The van der Waals surface area contributed by atoms with Gasteiger partial charge in [-0.1, -0.05) is 36.4 Å². The Bertz CT molecular complexity index is 493. The van der Waals surface area contributed by atoms with E-state index in [0.29, 0.717) is 0 Å². The summed E-state index contributed by atoms with van der Waals surface area (Å²) in [5, 5.41) is 0. The van der Waals surface area contributed by atoms with Crippen LogP contribution in [-0.4, -0.2) is 0 Å². The molecule has 0 saturated heterocycles. The zero-order valence-electron chi connectivity index (χ0n) is 7.12. The van der Waals surface area contributed by atoms with Gasteiger partial charge in [0.1, 0.15) is 0 Å². The predicted molar refractivity (Wildman–Crippen MR) is 55.0 cm³/mol. The van der Waals surface area contributed by atoms with Gasteiger partial charge in [-0.2, -0.15) is 0 Å². The Balaban J connectivity index is 2.26. The lowest BCUT2D eigenvalue weighted by Gasteiger charge is -2.22. The maximum atomic E-state index is 3.12. The minimum absolute atomic E-state index is 1.32. The third-order valence-corrected chi connectivity index (χ3v) is 2.48. The summed E-state index contributed by atoms with van der Waals surface area (Å²) in [6.45, 7) is 0. The number of hydrogen-bond donors (Lipinski definition) is 0. The molecule has 0 heterocycles. The highest BCUT2D eigenvalue weighted by Gasteiger charge is 2.21. The molecule has 60 valence electrons. The molecule has 0 fully saturated rings. The van der Waals surface area contributed by atoms with Crippen LogP contribution < -0.4 is 0 Å². The van der Waals surface area contributed by atoms with Crippen LogP contribution in [0, 0.1) is 0 Å². The normalized spacial score (nSPS) is 16.3. The molecule has 0 atom stereocenters. The van der Waals surface area contributed by atoms with E-state index in [9.17, 15) is 0 Å². The molecule has 1 aromatic carbocycles. The lowest BCUT2D eigenvalue weighted by molar-refractivity contribution is 1.50. The molecule has 0 aliphatic heterocycles. The van der Waals surface area contributed by atoms with Gasteiger partial charge < -0.3 is 0 Å². The first-order valence-corrected chi connectivity index (χ1v) is 4.40. The van der Waals surface area contributed by atoms with E-state index in [-0.39, 0.29) is 0 Å². The summed E-state index contributed by atoms with van der Waals surface area (Å²) < 4.78 is 0. The second kappa shape index (κ2) is 2.35. The number of rotatable bonds is 0. The lowest BCUT2D eigenvalue weighted by atomic mass is 9.81. The van der Waals surface area contributed by atoms with E-state index >= 15 is 0 Å². The molecule has 0 nitrogen and oxygen atoms in total. The van der Waals surface area contributed by atoms with Gasteiger partial charge in [0.25, 0.3) is 0 Å². The molecule has 2 aliphatic rings. The zero-order chi connectivity index (χ0) is 8.67. The van der Waals surface area contributed by atoms with Crippen molar-refractivity contribution in [1.82, 2.24) is 0 Å². The molecule has 0 heteroatoms. The fourth-order valence-corrected chi connectivity index (χ4v) is 1.85. The van der Waals surface area contributed by atoms with Gasteiger partial charge in [-0.3, -0.25) is 0 Å². The predicted octanol–water partition coefficient (Wildman–Crippen LogP) is 3.19. The summed E-state index contributed by atoms with van der Waals surface area (Å²) in [5.41, 5.74) is 8.50. The van der Waals surface area contributed by atoms with E-state index < -0.39 is 0 Å². The fraction of sp³-hybridized carbons (Fsp3) is 0. The van der Waals surface area contributed by atoms with Crippen molar-refractivity contribution in [2.45, 2.75) is 0 Å². The van der Waals surface area contributed by atoms with Crippen molar-refractivity contribution in [2.75, 3.05) is 0 Å². The van der Waals surface area contributed by atoms with Crippen LogP contribution in [0.15, 0.2) is 54.3 Å². The Kier molecular flexibility index (Phi) is 1.21. The summed E-state index contributed by atoms with van der Waals surface area (Å²) in [5.74, 6) is 0. The zero-order valence-corrected chi connectivity index (χ0v) is 7.12. The molecule has 0 saturated carbocycles. The molecule has 0 bridgehead atoms. The highest BCUT2D eigenvalue weighted by molar-refractivity contribution is 6.11. The monoisotopic (exact) mass is 164 g/mol. The van der Waals surface area contributed by atoms with E-state index in [4.69, 9.17) is 0 Å². The number of allylic oxidation sites excluding steroid dienone is 5. The third kappa shape index (κ3) is 0.809. The van der Waals surface area contributed by atoms with Crippen LogP contribution in [0.25, 0.3) is 11.1 Å². The standard InChI is InChI=1S/C13H8/c1-2-6-10-11(7-3-1)13-9-5-4-8-12(10)13/h1-2,4-9H. The second-order valence-corrected chi connectivity index (χ2v) is 3.21. The van der Waals surface area contributed by atoms with Crippen LogP contribution >= 0.6 is 0 Å². The summed E-state index contributed by atoms with van der Waals surface area (Å²) in [7, 11) is 0. The summed E-state index contributed by atoms with van der Waals surface area (Å²) in [6.07, 6.45) is 8.18. The van der Waals surface area contributed by atoms with E-state index in [1.165, 1.54) is 22.3 Å². The minimum Gasteiger partial charge on any atom is -0.120 e. The van der Waals surface area contributed by atoms with Crippen LogP contribution in [0.1, 0.15) is 11.1 Å². The molecule has 0 unspecified atom stereocenters. The first-order chi connectivity index (χ1) is 6.47. The van der Waals surface area contributed by atoms with E-state index in [1.54, 1.807) is 0 Å². The molecular formula is C13H8. The molecular weight excluding hydrogens is 156 g/mol. The van der Waals surface area contributed by atoms with Crippen LogP contribution in [0.5, 0.6) is 0 Å². The van der Waals surface area contributed by atoms with Crippen molar-refractivity contribution in [3.8, 4) is 0 Å². The van der Waals surface area contributed by atoms with Gasteiger partial charge in [0.05, 0.1) is 0 Å². The molecule has 13 heavy (non-hydrogen) atoms. The Hall–Kier alpha value is -1.78. The Morgan fingerprint density at radius 2 is 1.69 bits per heavy atom. The molecule has 0 radical (unpaired) electrons. The Morgan fingerprint density at radius 3 is 2.54 bits per heavy atom. The average molecular weight is 164 g/mol. The summed E-state index contributed by atoms with van der Waals surface area (Å²) >= 11 is 0. The Morgan fingerprint density at radius 1 is 0.923 bits per heavy atom. The van der Waals surface area contributed by atoms with Crippen molar-refractivity contribution >= 4 is 11.1 Å². The highest BCUT2D eigenvalue weighted by atomic mass is 14.2. The number of benzene rings is 1. The number of fused-ring (bicyclic) bond motifs is 3.